The van der Waals surface area contributed by atoms with E-state index < -0.39 is 5.60 Å². The quantitative estimate of drug-likeness (QED) is 0.612. The Kier molecular flexibility index (Phi) is 4.06. The molecule has 2 atom stereocenters. The van der Waals surface area contributed by atoms with Crippen LogP contribution in [-0.2, 0) is 5.41 Å². The molecule has 0 radical (unpaired) electrons. The van der Waals surface area contributed by atoms with Crippen LogP contribution in [-0.4, -0.2) is 40.2 Å². The third kappa shape index (κ3) is 3.07. The van der Waals surface area contributed by atoms with Gasteiger partial charge in [0.05, 0.1) is 11.2 Å². The summed E-state index contributed by atoms with van der Waals surface area (Å²) >= 11 is 0. The van der Waals surface area contributed by atoms with E-state index in [1.54, 1.807) is 6.20 Å². The number of carbonyl (C=O) groups excluding carboxylic acids is 1. The smallest absolute Gasteiger partial charge is 0.255 e. The molecule has 31 heavy (non-hydrogen) atoms. The van der Waals surface area contributed by atoms with Gasteiger partial charge in [0.15, 0.2) is 0 Å². The SMILES string of the molecule is Nc1ncc(-c2ccc([C@@]34CNC[C@@H]3C4)cc2)cc1C(=O)NC12CCC(O)(CC1)CC2. The van der Waals surface area contributed by atoms with E-state index >= 15 is 0 Å². The highest BCUT2D eigenvalue weighted by atomic mass is 16.3. The van der Waals surface area contributed by atoms with E-state index in [4.69, 9.17) is 5.73 Å². The number of carbonyl (C=O) groups is 1. The van der Waals surface area contributed by atoms with Crippen molar-refractivity contribution in [3.8, 4) is 11.1 Å². The zero-order valence-corrected chi connectivity index (χ0v) is 17.8. The third-order valence-corrected chi connectivity index (χ3v) is 8.60. The fraction of sp³-hybridized carbons (Fsp3) is 0.520. The Morgan fingerprint density at radius 3 is 2.42 bits per heavy atom. The highest BCUT2D eigenvalue weighted by molar-refractivity contribution is 5.99. The van der Waals surface area contributed by atoms with Gasteiger partial charge in [0.2, 0.25) is 0 Å². The first kappa shape index (κ1) is 19.3. The summed E-state index contributed by atoms with van der Waals surface area (Å²) in [5.41, 5.74) is 9.48. The molecule has 0 unspecified atom stereocenters. The number of fused-ring (bicyclic) bond motifs is 4. The molecule has 2 heterocycles. The van der Waals surface area contributed by atoms with E-state index in [9.17, 15) is 9.90 Å². The van der Waals surface area contributed by atoms with Gasteiger partial charge in [-0.05, 0) is 74.6 Å². The van der Waals surface area contributed by atoms with Crippen molar-refractivity contribution in [3.05, 3.63) is 47.7 Å². The average Bonchev–Trinajstić information content (AvgIpc) is 3.35. The number of hydrogen-bond donors (Lipinski definition) is 4. The fourth-order valence-electron chi connectivity index (χ4n) is 6.26. The standard InChI is InChI=1S/C25H30N4O2/c26-21-20(22(30)29-23-5-8-24(31,9-6-23)10-7-23)11-17(13-28-21)16-1-3-18(4-2-16)25-12-19(25)14-27-15-25/h1-4,11,13,19,27,31H,5-10,12,14-15H2,(H2,26,28)(H,29,30)/t19-,23?,24?,25+/m0/s1. The Bertz CT molecular complexity index is 1030. The lowest BCUT2D eigenvalue weighted by Gasteiger charge is -2.51. The molecule has 1 aromatic carbocycles. The molecule has 6 heteroatoms. The van der Waals surface area contributed by atoms with E-state index in [0.717, 1.165) is 68.7 Å². The second-order valence-electron chi connectivity index (χ2n) is 10.4. The number of pyridine rings is 1. The summed E-state index contributed by atoms with van der Waals surface area (Å²) in [5, 5.41) is 17.2. The van der Waals surface area contributed by atoms with Gasteiger partial charge in [0.25, 0.3) is 5.91 Å². The van der Waals surface area contributed by atoms with Crippen LogP contribution in [0.3, 0.4) is 0 Å². The average molecular weight is 419 g/mol. The second kappa shape index (κ2) is 6.53. The summed E-state index contributed by atoms with van der Waals surface area (Å²) in [5.74, 6) is 0.878. The number of amides is 1. The van der Waals surface area contributed by atoms with Crippen molar-refractivity contribution in [2.75, 3.05) is 18.8 Å². The van der Waals surface area contributed by atoms with Gasteiger partial charge in [0.1, 0.15) is 5.82 Å². The van der Waals surface area contributed by atoms with Gasteiger partial charge < -0.3 is 21.5 Å². The second-order valence-corrected chi connectivity index (χ2v) is 10.4. The van der Waals surface area contributed by atoms with Crippen LogP contribution >= 0.6 is 0 Å². The number of nitrogens with two attached hydrogens (primary N) is 1. The van der Waals surface area contributed by atoms with Gasteiger partial charge >= 0.3 is 0 Å². The van der Waals surface area contributed by atoms with Crippen LogP contribution in [0.15, 0.2) is 36.5 Å². The van der Waals surface area contributed by atoms with Gasteiger partial charge in [-0.2, -0.15) is 0 Å². The van der Waals surface area contributed by atoms with E-state index in [1.165, 1.54) is 12.0 Å². The van der Waals surface area contributed by atoms with Gasteiger partial charge in [-0.25, -0.2) is 4.98 Å². The van der Waals surface area contributed by atoms with Crippen LogP contribution in [0, 0.1) is 5.92 Å². The summed E-state index contributed by atoms with van der Waals surface area (Å²) in [4.78, 5) is 17.5. The summed E-state index contributed by atoms with van der Waals surface area (Å²) in [6.45, 7) is 2.20. The number of piperidine rings is 1. The zero-order valence-electron chi connectivity index (χ0n) is 17.8. The topological polar surface area (TPSA) is 100 Å². The number of anilines is 1. The minimum atomic E-state index is -0.520. The molecule has 2 bridgehead atoms. The fourth-order valence-corrected chi connectivity index (χ4v) is 6.26. The molecule has 0 spiro atoms. The molecule has 6 nitrogen and oxygen atoms in total. The molecule has 4 saturated carbocycles. The lowest BCUT2D eigenvalue weighted by Crippen LogP contribution is -2.58. The zero-order chi connectivity index (χ0) is 21.3. The van der Waals surface area contributed by atoms with Crippen LogP contribution in [0.1, 0.15) is 60.9 Å². The van der Waals surface area contributed by atoms with Crippen molar-refractivity contribution in [1.82, 2.24) is 15.6 Å². The number of nitrogens with zero attached hydrogens (tertiary/aromatic N) is 1. The first-order chi connectivity index (χ1) is 14.9. The lowest BCUT2D eigenvalue weighted by atomic mass is 9.63. The van der Waals surface area contributed by atoms with Crippen molar-refractivity contribution in [3.63, 3.8) is 0 Å². The van der Waals surface area contributed by atoms with Crippen molar-refractivity contribution < 1.29 is 9.90 Å². The number of aliphatic hydroxyl groups is 1. The molecule has 1 saturated heterocycles. The molecule has 5 fully saturated rings. The number of nitrogens with one attached hydrogen (secondary N) is 2. The molecule has 1 amide bonds. The van der Waals surface area contributed by atoms with Crippen molar-refractivity contribution in [2.45, 2.75) is 61.5 Å². The van der Waals surface area contributed by atoms with Crippen molar-refractivity contribution >= 4 is 11.7 Å². The van der Waals surface area contributed by atoms with Crippen LogP contribution < -0.4 is 16.4 Å². The first-order valence-electron chi connectivity index (χ1n) is 11.5. The predicted molar refractivity (Wildman–Crippen MR) is 120 cm³/mol. The van der Waals surface area contributed by atoms with Crippen LogP contribution in [0.2, 0.25) is 0 Å². The number of rotatable bonds is 4. The molecule has 4 aliphatic carbocycles. The first-order valence-corrected chi connectivity index (χ1v) is 11.5. The highest BCUT2D eigenvalue weighted by Gasteiger charge is 2.57. The number of aromatic nitrogens is 1. The minimum absolute atomic E-state index is 0.160. The number of benzene rings is 1. The predicted octanol–water partition coefficient (Wildman–Crippen LogP) is 2.76. The van der Waals surface area contributed by atoms with Crippen LogP contribution in [0.25, 0.3) is 11.1 Å². The van der Waals surface area contributed by atoms with E-state index in [-0.39, 0.29) is 17.3 Å². The molecule has 1 aromatic heterocycles. The number of hydrogen-bond acceptors (Lipinski definition) is 5. The molecular weight excluding hydrogens is 388 g/mol. The normalized spacial score (nSPS) is 35.6. The van der Waals surface area contributed by atoms with Crippen molar-refractivity contribution in [1.29, 1.82) is 0 Å². The van der Waals surface area contributed by atoms with Crippen LogP contribution in [0.5, 0.6) is 0 Å². The largest absolute Gasteiger partial charge is 0.390 e. The van der Waals surface area contributed by atoms with Gasteiger partial charge in [-0.1, -0.05) is 24.3 Å². The molecule has 2 aromatic rings. The highest BCUT2D eigenvalue weighted by Crippen LogP contribution is 2.56. The van der Waals surface area contributed by atoms with E-state index in [1.807, 2.05) is 6.07 Å². The minimum Gasteiger partial charge on any atom is -0.390 e. The maximum absolute atomic E-state index is 13.2. The Hall–Kier alpha value is -2.44. The number of nitrogen functional groups attached to an aromatic ring is 1. The van der Waals surface area contributed by atoms with Gasteiger partial charge in [0, 0.05) is 29.3 Å². The maximum Gasteiger partial charge on any atom is 0.255 e. The van der Waals surface area contributed by atoms with Crippen molar-refractivity contribution in [2.24, 2.45) is 5.92 Å². The summed E-state index contributed by atoms with van der Waals surface area (Å²) < 4.78 is 0. The Morgan fingerprint density at radius 1 is 1.10 bits per heavy atom. The molecular formula is C25H30N4O2. The van der Waals surface area contributed by atoms with E-state index in [0.29, 0.717) is 11.0 Å². The maximum atomic E-state index is 13.2. The summed E-state index contributed by atoms with van der Waals surface area (Å²) in [6.07, 6.45) is 7.76. The Balaban J connectivity index is 1.23. The third-order valence-electron chi connectivity index (χ3n) is 8.60. The molecule has 7 rings (SSSR count). The molecule has 5 N–H and O–H groups in total. The molecule has 162 valence electrons. The molecule has 5 aliphatic rings. The van der Waals surface area contributed by atoms with E-state index in [2.05, 4.69) is 39.9 Å². The Morgan fingerprint density at radius 2 is 1.81 bits per heavy atom. The Labute approximate surface area is 182 Å². The van der Waals surface area contributed by atoms with Gasteiger partial charge in [-0.15, -0.1) is 0 Å². The lowest BCUT2D eigenvalue weighted by molar-refractivity contribution is -0.0702. The summed E-state index contributed by atoms with van der Waals surface area (Å²) in [6, 6.07) is 10.6. The van der Waals surface area contributed by atoms with Gasteiger partial charge in [-0.3, -0.25) is 4.79 Å². The monoisotopic (exact) mass is 418 g/mol. The van der Waals surface area contributed by atoms with Crippen LogP contribution in [0.4, 0.5) is 5.82 Å². The molecule has 1 aliphatic heterocycles. The summed E-state index contributed by atoms with van der Waals surface area (Å²) in [7, 11) is 0.